The standard InChI is InChI=1S/C18H20N2O4S/c1-14-3-2-4-16(13-14)19-25(22,23)17-7-5-15(6-8-17)18(21)20-9-11-24-12-10-20/h2-8,13,19H,9-12H2,1H3. The minimum Gasteiger partial charge on any atom is -0.378 e. The number of ether oxygens (including phenoxy) is 1. The van der Waals surface area contributed by atoms with Crippen LogP contribution in [-0.4, -0.2) is 45.5 Å². The van der Waals surface area contributed by atoms with Crippen LogP contribution < -0.4 is 4.72 Å². The number of nitrogens with zero attached hydrogens (tertiary/aromatic N) is 1. The number of carbonyl (C=O) groups excluding carboxylic acids is 1. The van der Waals surface area contributed by atoms with E-state index in [1.807, 2.05) is 13.0 Å². The molecule has 1 amide bonds. The quantitative estimate of drug-likeness (QED) is 0.907. The van der Waals surface area contributed by atoms with E-state index in [-0.39, 0.29) is 10.8 Å². The maximum Gasteiger partial charge on any atom is 0.261 e. The van der Waals surface area contributed by atoms with E-state index in [1.54, 1.807) is 35.2 Å². The first-order valence-corrected chi connectivity index (χ1v) is 9.51. The van der Waals surface area contributed by atoms with Crippen LogP contribution >= 0.6 is 0 Å². The molecule has 1 N–H and O–H groups in total. The molecule has 0 aliphatic carbocycles. The van der Waals surface area contributed by atoms with Gasteiger partial charge >= 0.3 is 0 Å². The Hall–Kier alpha value is -2.38. The smallest absolute Gasteiger partial charge is 0.261 e. The molecule has 7 heteroatoms. The average Bonchev–Trinajstić information content (AvgIpc) is 2.61. The van der Waals surface area contributed by atoms with Crippen LogP contribution in [0.5, 0.6) is 0 Å². The third-order valence-electron chi connectivity index (χ3n) is 3.98. The molecule has 132 valence electrons. The fraction of sp³-hybridized carbons (Fsp3) is 0.278. The van der Waals surface area contributed by atoms with Gasteiger partial charge in [0.15, 0.2) is 0 Å². The summed E-state index contributed by atoms with van der Waals surface area (Å²) < 4.78 is 32.7. The number of benzene rings is 2. The lowest BCUT2D eigenvalue weighted by Crippen LogP contribution is -2.40. The number of carbonyl (C=O) groups is 1. The van der Waals surface area contributed by atoms with Crippen molar-refractivity contribution in [3.63, 3.8) is 0 Å². The molecule has 1 aliphatic rings. The minimum absolute atomic E-state index is 0.112. The SMILES string of the molecule is Cc1cccc(NS(=O)(=O)c2ccc(C(=O)N3CCOCC3)cc2)c1. The lowest BCUT2D eigenvalue weighted by molar-refractivity contribution is 0.0303. The van der Waals surface area contributed by atoms with Gasteiger partial charge in [-0.15, -0.1) is 0 Å². The van der Waals surface area contributed by atoms with E-state index in [1.165, 1.54) is 12.1 Å². The molecule has 6 nitrogen and oxygen atoms in total. The Morgan fingerprint density at radius 1 is 1.08 bits per heavy atom. The molecule has 25 heavy (non-hydrogen) atoms. The van der Waals surface area contributed by atoms with Crippen molar-refractivity contribution in [1.29, 1.82) is 0 Å². The maximum atomic E-state index is 12.5. The normalized spacial score (nSPS) is 15.0. The van der Waals surface area contributed by atoms with Crippen molar-refractivity contribution in [2.45, 2.75) is 11.8 Å². The molecule has 2 aromatic carbocycles. The zero-order valence-electron chi connectivity index (χ0n) is 13.9. The molecule has 1 heterocycles. The summed E-state index contributed by atoms with van der Waals surface area (Å²) in [5.41, 5.74) is 1.94. The summed E-state index contributed by atoms with van der Waals surface area (Å²) >= 11 is 0. The van der Waals surface area contributed by atoms with Gasteiger partial charge in [0.25, 0.3) is 15.9 Å². The van der Waals surface area contributed by atoms with Crippen molar-refractivity contribution < 1.29 is 17.9 Å². The maximum absolute atomic E-state index is 12.5. The van der Waals surface area contributed by atoms with Crippen LogP contribution in [0.3, 0.4) is 0 Å². The molecule has 0 saturated carbocycles. The Kier molecular flexibility index (Phi) is 5.06. The molecule has 2 aromatic rings. The Labute approximate surface area is 147 Å². The van der Waals surface area contributed by atoms with Gasteiger partial charge in [0, 0.05) is 24.3 Å². The summed E-state index contributed by atoms with van der Waals surface area (Å²) in [6, 6.07) is 13.1. The highest BCUT2D eigenvalue weighted by Crippen LogP contribution is 2.18. The van der Waals surface area contributed by atoms with Crippen molar-refractivity contribution in [2.24, 2.45) is 0 Å². The predicted molar refractivity (Wildman–Crippen MR) is 95.2 cm³/mol. The van der Waals surface area contributed by atoms with E-state index in [0.717, 1.165) is 5.56 Å². The monoisotopic (exact) mass is 360 g/mol. The van der Waals surface area contributed by atoms with Crippen LogP contribution in [-0.2, 0) is 14.8 Å². The first-order valence-electron chi connectivity index (χ1n) is 8.02. The molecular weight excluding hydrogens is 340 g/mol. The van der Waals surface area contributed by atoms with Gasteiger partial charge < -0.3 is 9.64 Å². The van der Waals surface area contributed by atoms with Gasteiger partial charge in [-0.1, -0.05) is 12.1 Å². The molecule has 3 rings (SSSR count). The Bertz CT molecular complexity index is 857. The number of morpholine rings is 1. The predicted octanol–water partition coefficient (Wildman–Crippen LogP) is 2.27. The number of nitrogens with one attached hydrogen (secondary N) is 1. The highest BCUT2D eigenvalue weighted by molar-refractivity contribution is 7.92. The van der Waals surface area contributed by atoms with Crippen LogP contribution in [0.25, 0.3) is 0 Å². The van der Waals surface area contributed by atoms with Crippen LogP contribution in [0.4, 0.5) is 5.69 Å². The Morgan fingerprint density at radius 2 is 1.76 bits per heavy atom. The highest BCUT2D eigenvalue weighted by Gasteiger charge is 2.20. The van der Waals surface area contributed by atoms with Gasteiger partial charge in [-0.05, 0) is 48.9 Å². The Balaban J connectivity index is 1.75. The van der Waals surface area contributed by atoms with Gasteiger partial charge in [-0.2, -0.15) is 0 Å². The fourth-order valence-corrected chi connectivity index (χ4v) is 3.70. The van der Waals surface area contributed by atoms with Crippen LogP contribution in [0.15, 0.2) is 53.4 Å². The topological polar surface area (TPSA) is 75.7 Å². The number of anilines is 1. The molecule has 1 aliphatic heterocycles. The number of hydrogen-bond donors (Lipinski definition) is 1. The van der Waals surface area contributed by atoms with E-state index < -0.39 is 10.0 Å². The number of amides is 1. The van der Waals surface area contributed by atoms with Gasteiger partial charge in [0.1, 0.15) is 0 Å². The molecule has 0 atom stereocenters. The lowest BCUT2D eigenvalue weighted by Gasteiger charge is -2.26. The molecular formula is C18H20N2O4S. The minimum atomic E-state index is -3.69. The van der Waals surface area contributed by atoms with Crippen LogP contribution in [0.2, 0.25) is 0 Å². The first kappa shape index (κ1) is 17.4. The molecule has 0 aromatic heterocycles. The van der Waals surface area contributed by atoms with Crippen molar-refractivity contribution in [3.05, 3.63) is 59.7 Å². The first-order chi connectivity index (χ1) is 12.0. The highest BCUT2D eigenvalue weighted by atomic mass is 32.2. The average molecular weight is 360 g/mol. The molecule has 0 bridgehead atoms. The summed E-state index contributed by atoms with van der Waals surface area (Å²) in [6.07, 6.45) is 0. The zero-order valence-corrected chi connectivity index (χ0v) is 14.8. The Morgan fingerprint density at radius 3 is 2.40 bits per heavy atom. The number of rotatable bonds is 4. The summed E-state index contributed by atoms with van der Waals surface area (Å²) in [7, 11) is -3.69. The van der Waals surface area contributed by atoms with Gasteiger partial charge in [0.05, 0.1) is 18.1 Å². The second-order valence-electron chi connectivity index (χ2n) is 5.90. The third kappa shape index (κ3) is 4.18. The van der Waals surface area contributed by atoms with E-state index >= 15 is 0 Å². The summed E-state index contributed by atoms with van der Waals surface area (Å²) in [5, 5.41) is 0. The molecule has 1 saturated heterocycles. The van der Waals surface area contributed by atoms with E-state index in [9.17, 15) is 13.2 Å². The van der Waals surface area contributed by atoms with Crippen LogP contribution in [0.1, 0.15) is 15.9 Å². The summed E-state index contributed by atoms with van der Waals surface area (Å²) in [4.78, 5) is 14.2. The molecule has 1 fully saturated rings. The number of aryl methyl sites for hydroxylation is 1. The van der Waals surface area contributed by atoms with Crippen LogP contribution in [0, 0.1) is 6.92 Å². The second-order valence-corrected chi connectivity index (χ2v) is 7.59. The number of sulfonamides is 1. The van der Waals surface area contributed by atoms with Gasteiger partial charge in [-0.25, -0.2) is 8.42 Å². The van der Waals surface area contributed by atoms with Crippen molar-refractivity contribution in [2.75, 3.05) is 31.0 Å². The van der Waals surface area contributed by atoms with E-state index in [0.29, 0.717) is 37.6 Å². The summed E-state index contributed by atoms with van der Waals surface area (Å²) in [6.45, 7) is 4.04. The van der Waals surface area contributed by atoms with E-state index in [4.69, 9.17) is 4.74 Å². The van der Waals surface area contributed by atoms with E-state index in [2.05, 4.69) is 4.72 Å². The zero-order chi connectivity index (χ0) is 17.9. The van der Waals surface area contributed by atoms with Gasteiger partial charge in [-0.3, -0.25) is 9.52 Å². The van der Waals surface area contributed by atoms with Gasteiger partial charge in [0.2, 0.25) is 0 Å². The van der Waals surface area contributed by atoms with Crippen molar-refractivity contribution >= 4 is 21.6 Å². The lowest BCUT2D eigenvalue weighted by atomic mass is 10.2. The van der Waals surface area contributed by atoms with Crippen molar-refractivity contribution in [1.82, 2.24) is 4.90 Å². The van der Waals surface area contributed by atoms with Crippen molar-refractivity contribution in [3.8, 4) is 0 Å². The summed E-state index contributed by atoms with van der Waals surface area (Å²) in [5.74, 6) is -0.112. The third-order valence-corrected chi connectivity index (χ3v) is 5.38. The molecule has 0 spiro atoms. The largest absolute Gasteiger partial charge is 0.378 e. The molecule has 0 unspecified atom stereocenters. The number of hydrogen-bond acceptors (Lipinski definition) is 4. The molecule has 0 radical (unpaired) electrons. The fourth-order valence-electron chi connectivity index (χ4n) is 2.65. The second kappa shape index (κ2) is 7.25.